The number of halogens is 1. The number of hydrogen-bond acceptors (Lipinski definition) is 4. The lowest BCUT2D eigenvalue weighted by atomic mass is 10.1. The highest BCUT2D eigenvalue weighted by molar-refractivity contribution is 6.30. The summed E-state index contributed by atoms with van der Waals surface area (Å²) in [7, 11) is 0. The molecule has 0 unspecified atom stereocenters. The molecule has 4 nitrogen and oxygen atoms in total. The number of carboxylic acids is 1. The highest BCUT2D eigenvalue weighted by Gasteiger charge is 2.15. The van der Waals surface area contributed by atoms with E-state index in [1.807, 2.05) is 6.92 Å². The van der Waals surface area contributed by atoms with Crippen LogP contribution in [0.3, 0.4) is 0 Å². The fourth-order valence-electron chi connectivity index (χ4n) is 1.48. The van der Waals surface area contributed by atoms with Crippen LogP contribution in [-0.4, -0.2) is 11.0 Å². The van der Waals surface area contributed by atoms with Crippen molar-refractivity contribution in [3.05, 3.63) is 40.9 Å². The first-order chi connectivity index (χ1) is 8.11. The van der Waals surface area contributed by atoms with Gasteiger partial charge in [0.05, 0.1) is 5.97 Å². The van der Waals surface area contributed by atoms with E-state index >= 15 is 0 Å². The summed E-state index contributed by atoms with van der Waals surface area (Å²) in [4.78, 5) is 14.8. The standard InChI is InChI=1S/C12H10ClNO3/c1-2-9-14-10(12(15)16)11(17-9)7-4-3-5-8(13)6-7/h3-6H,2H2,1H3,(H,15,16)/p-1. The molecule has 0 fully saturated rings. The SMILES string of the molecule is CCc1nc(C(=O)[O-])c(-c2cccc(Cl)c2)o1. The van der Waals surface area contributed by atoms with E-state index in [2.05, 4.69) is 4.98 Å². The minimum atomic E-state index is -1.36. The van der Waals surface area contributed by atoms with E-state index < -0.39 is 5.97 Å². The fourth-order valence-corrected chi connectivity index (χ4v) is 1.67. The van der Waals surface area contributed by atoms with Crippen molar-refractivity contribution in [3.8, 4) is 11.3 Å². The van der Waals surface area contributed by atoms with E-state index in [4.69, 9.17) is 16.0 Å². The number of nitrogens with zero attached hydrogens (tertiary/aromatic N) is 1. The smallest absolute Gasteiger partial charge is 0.195 e. The monoisotopic (exact) mass is 250 g/mol. The first-order valence-electron chi connectivity index (χ1n) is 5.08. The summed E-state index contributed by atoms with van der Waals surface area (Å²) >= 11 is 5.84. The van der Waals surface area contributed by atoms with Crippen molar-refractivity contribution in [3.63, 3.8) is 0 Å². The average Bonchev–Trinajstić information content (AvgIpc) is 2.73. The molecule has 88 valence electrons. The molecule has 0 spiro atoms. The number of rotatable bonds is 3. The highest BCUT2D eigenvalue weighted by Crippen LogP contribution is 2.27. The molecule has 0 amide bonds. The molecule has 0 aliphatic heterocycles. The van der Waals surface area contributed by atoms with Crippen LogP contribution >= 0.6 is 11.6 Å². The second-order valence-electron chi connectivity index (χ2n) is 3.44. The molecule has 5 heteroatoms. The van der Waals surface area contributed by atoms with E-state index in [1.165, 1.54) is 0 Å². The minimum absolute atomic E-state index is 0.185. The minimum Gasteiger partial charge on any atom is -0.543 e. The molecule has 0 saturated heterocycles. The van der Waals surface area contributed by atoms with E-state index in [0.29, 0.717) is 22.9 Å². The lowest BCUT2D eigenvalue weighted by Crippen LogP contribution is -2.23. The molecule has 0 aliphatic carbocycles. The van der Waals surface area contributed by atoms with Gasteiger partial charge in [-0.15, -0.1) is 0 Å². The molecule has 0 aliphatic rings. The maximum atomic E-state index is 10.9. The Morgan fingerprint density at radius 3 is 2.88 bits per heavy atom. The summed E-state index contributed by atoms with van der Waals surface area (Å²) in [6.45, 7) is 1.83. The van der Waals surface area contributed by atoms with Gasteiger partial charge < -0.3 is 14.3 Å². The van der Waals surface area contributed by atoms with E-state index in [1.54, 1.807) is 24.3 Å². The van der Waals surface area contributed by atoms with Crippen LogP contribution in [0.4, 0.5) is 0 Å². The Hall–Kier alpha value is -1.81. The molecule has 0 bridgehead atoms. The summed E-state index contributed by atoms with van der Waals surface area (Å²) in [6.07, 6.45) is 0.515. The third-order valence-corrected chi connectivity index (χ3v) is 2.49. The molecule has 2 rings (SSSR count). The zero-order valence-corrected chi connectivity index (χ0v) is 9.82. The molecule has 0 N–H and O–H groups in total. The average molecular weight is 251 g/mol. The lowest BCUT2D eigenvalue weighted by molar-refractivity contribution is -0.255. The largest absolute Gasteiger partial charge is 0.543 e. The van der Waals surface area contributed by atoms with Gasteiger partial charge in [-0.1, -0.05) is 30.7 Å². The molecular formula is C12H9ClNO3-. The molecule has 1 aromatic heterocycles. The second-order valence-corrected chi connectivity index (χ2v) is 3.87. The van der Waals surface area contributed by atoms with Crippen LogP contribution in [0.2, 0.25) is 5.02 Å². The first-order valence-corrected chi connectivity index (χ1v) is 5.46. The Morgan fingerprint density at radius 2 is 2.29 bits per heavy atom. The molecule has 2 aromatic rings. The lowest BCUT2D eigenvalue weighted by Gasteiger charge is -2.01. The van der Waals surface area contributed by atoms with Gasteiger partial charge in [-0.05, 0) is 12.1 Å². The Morgan fingerprint density at radius 1 is 1.53 bits per heavy atom. The van der Waals surface area contributed by atoms with Crippen molar-refractivity contribution in [1.82, 2.24) is 4.98 Å². The topological polar surface area (TPSA) is 66.2 Å². The molecular weight excluding hydrogens is 242 g/mol. The number of aromatic nitrogens is 1. The molecule has 1 aromatic carbocycles. The maximum Gasteiger partial charge on any atom is 0.195 e. The van der Waals surface area contributed by atoms with E-state index in [9.17, 15) is 9.90 Å². The van der Waals surface area contributed by atoms with Gasteiger partial charge in [0.1, 0.15) is 5.69 Å². The Balaban J connectivity index is 2.57. The Kier molecular flexibility index (Phi) is 3.15. The Labute approximate surface area is 103 Å². The van der Waals surface area contributed by atoms with Crippen LogP contribution in [0.1, 0.15) is 23.3 Å². The predicted octanol–water partition coefficient (Wildman–Crippen LogP) is 1.92. The van der Waals surface area contributed by atoms with Gasteiger partial charge in [0.25, 0.3) is 0 Å². The number of hydrogen-bond donors (Lipinski definition) is 0. The normalized spacial score (nSPS) is 10.5. The highest BCUT2D eigenvalue weighted by atomic mass is 35.5. The summed E-state index contributed by atoms with van der Waals surface area (Å²) in [5, 5.41) is 11.4. The zero-order valence-electron chi connectivity index (χ0n) is 9.07. The second kappa shape index (κ2) is 4.59. The number of carboxylic acid groups (broad SMARTS) is 1. The molecule has 0 atom stereocenters. The molecule has 0 radical (unpaired) electrons. The third-order valence-electron chi connectivity index (χ3n) is 2.25. The van der Waals surface area contributed by atoms with Gasteiger partial charge in [0, 0.05) is 17.0 Å². The van der Waals surface area contributed by atoms with Crippen LogP contribution in [0.5, 0.6) is 0 Å². The summed E-state index contributed by atoms with van der Waals surface area (Å²) in [5.74, 6) is -0.813. The van der Waals surface area contributed by atoms with Gasteiger partial charge in [0.15, 0.2) is 11.7 Å². The van der Waals surface area contributed by atoms with Crippen molar-refractivity contribution in [2.45, 2.75) is 13.3 Å². The molecule has 0 saturated carbocycles. The van der Waals surface area contributed by atoms with Crippen molar-refractivity contribution < 1.29 is 14.3 Å². The van der Waals surface area contributed by atoms with Crippen LogP contribution in [0.15, 0.2) is 28.7 Å². The fraction of sp³-hybridized carbons (Fsp3) is 0.167. The number of aryl methyl sites for hydroxylation is 1. The summed E-state index contributed by atoms with van der Waals surface area (Å²) in [6, 6.07) is 6.73. The number of oxazole rings is 1. The Bertz CT molecular complexity index is 563. The van der Waals surface area contributed by atoms with Crippen LogP contribution in [-0.2, 0) is 6.42 Å². The zero-order chi connectivity index (χ0) is 12.4. The van der Waals surface area contributed by atoms with Gasteiger partial charge in [-0.3, -0.25) is 0 Å². The van der Waals surface area contributed by atoms with Crippen molar-refractivity contribution in [2.24, 2.45) is 0 Å². The molecule has 17 heavy (non-hydrogen) atoms. The maximum absolute atomic E-state index is 10.9. The first kappa shape index (κ1) is 11.7. The number of benzene rings is 1. The van der Waals surface area contributed by atoms with Gasteiger partial charge in [0.2, 0.25) is 0 Å². The van der Waals surface area contributed by atoms with Crippen molar-refractivity contribution in [2.75, 3.05) is 0 Å². The number of carbonyl (C=O) groups is 1. The summed E-state index contributed by atoms with van der Waals surface area (Å²) in [5.41, 5.74) is 0.382. The van der Waals surface area contributed by atoms with Crippen LogP contribution in [0, 0.1) is 0 Å². The summed E-state index contributed by atoms with van der Waals surface area (Å²) < 4.78 is 5.38. The van der Waals surface area contributed by atoms with Crippen LogP contribution in [0.25, 0.3) is 11.3 Å². The predicted molar refractivity (Wildman–Crippen MR) is 60.7 cm³/mol. The number of carbonyl (C=O) groups excluding carboxylic acids is 1. The van der Waals surface area contributed by atoms with Gasteiger partial charge >= 0.3 is 0 Å². The number of aromatic carboxylic acids is 1. The van der Waals surface area contributed by atoms with Gasteiger partial charge in [-0.2, -0.15) is 0 Å². The van der Waals surface area contributed by atoms with E-state index in [-0.39, 0.29) is 11.5 Å². The van der Waals surface area contributed by atoms with Crippen molar-refractivity contribution >= 4 is 17.6 Å². The quantitative estimate of drug-likeness (QED) is 0.835. The third kappa shape index (κ3) is 2.31. The van der Waals surface area contributed by atoms with Crippen LogP contribution < -0.4 is 5.11 Å². The van der Waals surface area contributed by atoms with E-state index in [0.717, 1.165) is 0 Å². The molecule has 1 heterocycles. The van der Waals surface area contributed by atoms with Crippen molar-refractivity contribution in [1.29, 1.82) is 0 Å². The van der Waals surface area contributed by atoms with Gasteiger partial charge in [-0.25, -0.2) is 4.98 Å².